The molecule has 1 heterocycles. The fourth-order valence-corrected chi connectivity index (χ4v) is 3.18. The normalized spacial score (nSPS) is 21.5. The van der Waals surface area contributed by atoms with E-state index in [1.807, 2.05) is 27.7 Å². The second-order valence-corrected chi connectivity index (χ2v) is 6.38. The first-order chi connectivity index (χ1) is 10.3. The summed E-state index contributed by atoms with van der Waals surface area (Å²) >= 11 is 0. The van der Waals surface area contributed by atoms with Crippen LogP contribution in [-0.4, -0.2) is 29.4 Å². The molecule has 1 aliphatic heterocycles. The second kappa shape index (κ2) is 6.38. The van der Waals surface area contributed by atoms with Crippen molar-refractivity contribution in [2.75, 3.05) is 11.9 Å². The van der Waals surface area contributed by atoms with Gasteiger partial charge in [-0.05, 0) is 51.7 Å². The first-order valence-corrected chi connectivity index (χ1v) is 7.74. The van der Waals surface area contributed by atoms with Crippen LogP contribution in [0.4, 0.5) is 10.5 Å². The highest BCUT2D eigenvalue weighted by molar-refractivity contribution is 5.92. The first kappa shape index (κ1) is 16.3. The van der Waals surface area contributed by atoms with Crippen LogP contribution in [0.15, 0.2) is 12.1 Å². The van der Waals surface area contributed by atoms with Crippen molar-refractivity contribution in [1.29, 1.82) is 0 Å². The van der Waals surface area contributed by atoms with Crippen molar-refractivity contribution in [3.63, 3.8) is 0 Å². The van der Waals surface area contributed by atoms with E-state index in [1.54, 1.807) is 4.90 Å². The minimum absolute atomic E-state index is 0.113. The summed E-state index contributed by atoms with van der Waals surface area (Å²) in [6, 6.07) is 4.05. The van der Waals surface area contributed by atoms with E-state index in [0.717, 1.165) is 29.7 Å². The van der Waals surface area contributed by atoms with Gasteiger partial charge in [0.25, 0.3) is 0 Å². The third-order valence-electron chi connectivity index (χ3n) is 4.45. The minimum Gasteiger partial charge on any atom is -0.369 e. The van der Waals surface area contributed by atoms with E-state index in [1.165, 1.54) is 5.56 Å². The molecule has 0 aromatic heterocycles. The molecule has 0 saturated carbocycles. The lowest BCUT2D eigenvalue weighted by Gasteiger charge is -2.37. The summed E-state index contributed by atoms with van der Waals surface area (Å²) < 4.78 is 0. The molecule has 1 aliphatic rings. The van der Waals surface area contributed by atoms with E-state index in [-0.39, 0.29) is 23.9 Å². The molecule has 2 unspecified atom stereocenters. The van der Waals surface area contributed by atoms with E-state index in [9.17, 15) is 9.59 Å². The summed E-state index contributed by atoms with van der Waals surface area (Å²) in [6.45, 7) is 8.41. The van der Waals surface area contributed by atoms with Gasteiger partial charge in [0.2, 0.25) is 5.91 Å². The zero-order valence-corrected chi connectivity index (χ0v) is 13.8. The lowest BCUT2D eigenvalue weighted by Crippen LogP contribution is -2.50. The number of piperidine rings is 1. The molecule has 120 valence electrons. The van der Waals surface area contributed by atoms with Crippen LogP contribution in [0, 0.1) is 26.7 Å². The molecule has 3 amide bonds. The molecule has 3 N–H and O–H groups in total. The van der Waals surface area contributed by atoms with Crippen LogP contribution < -0.4 is 11.1 Å². The second-order valence-electron chi connectivity index (χ2n) is 6.38. The van der Waals surface area contributed by atoms with Crippen LogP contribution in [0.1, 0.15) is 36.5 Å². The molecule has 5 heteroatoms. The summed E-state index contributed by atoms with van der Waals surface area (Å²) in [5.41, 5.74) is 9.51. The van der Waals surface area contributed by atoms with Gasteiger partial charge in [-0.2, -0.15) is 0 Å². The van der Waals surface area contributed by atoms with Crippen molar-refractivity contribution >= 4 is 17.6 Å². The molecule has 2 rings (SSSR count). The Balaban J connectivity index is 2.16. The Kier molecular flexibility index (Phi) is 4.74. The summed E-state index contributed by atoms with van der Waals surface area (Å²) in [4.78, 5) is 25.7. The number of likely N-dealkylation sites (tertiary alicyclic amines) is 1. The molecule has 0 radical (unpaired) electrons. The number of aryl methyl sites for hydroxylation is 3. The Bertz CT molecular complexity index is 575. The number of carbonyl (C=O) groups excluding carboxylic acids is 2. The molecule has 1 fully saturated rings. The fraction of sp³-hybridized carbons (Fsp3) is 0.529. The van der Waals surface area contributed by atoms with Gasteiger partial charge >= 0.3 is 6.03 Å². The maximum atomic E-state index is 12.6. The summed E-state index contributed by atoms with van der Waals surface area (Å²) in [5, 5.41) is 3.00. The van der Waals surface area contributed by atoms with Crippen LogP contribution in [0.25, 0.3) is 0 Å². The molecule has 0 aliphatic carbocycles. The Morgan fingerprint density at radius 1 is 1.18 bits per heavy atom. The van der Waals surface area contributed by atoms with Gasteiger partial charge in [-0.25, -0.2) is 4.79 Å². The minimum atomic E-state index is -0.326. The third-order valence-corrected chi connectivity index (χ3v) is 4.45. The Labute approximate surface area is 131 Å². The summed E-state index contributed by atoms with van der Waals surface area (Å²) in [6.07, 6.45) is 1.55. The SMILES string of the molecule is Cc1cc(C)c(NC(=O)N2CC(C(N)=O)CCC2C)c(C)c1. The van der Waals surface area contributed by atoms with Gasteiger partial charge in [0.1, 0.15) is 0 Å². The largest absolute Gasteiger partial charge is 0.369 e. The molecule has 5 nitrogen and oxygen atoms in total. The predicted molar refractivity (Wildman–Crippen MR) is 87.8 cm³/mol. The lowest BCUT2D eigenvalue weighted by atomic mass is 9.93. The first-order valence-electron chi connectivity index (χ1n) is 7.74. The summed E-state index contributed by atoms with van der Waals surface area (Å²) in [5.74, 6) is -0.574. The number of urea groups is 1. The molecule has 1 saturated heterocycles. The van der Waals surface area contributed by atoms with Crippen molar-refractivity contribution < 1.29 is 9.59 Å². The molecule has 22 heavy (non-hydrogen) atoms. The number of hydrogen-bond donors (Lipinski definition) is 2. The van der Waals surface area contributed by atoms with E-state index in [4.69, 9.17) is 5.73 Å². The topological polar surface area (TPSA) is 75.4 Å². The van der Waals surface area contributed by atoms with Crippen molar-refractivity contribution in [2.45, 2.75) is 46.6 Å². The Hall–Kier alpha value is -2.04. The number of nitrogens with one attached hydrogen (secondary N) is 1. The number of nitrogens with two attached hydrogens (primary N) is 1. The van der Waals surface area contributed by atoms with Gasteiger partial charge < -0.3 is 16.0 Å². The Morgan fingerprint density at radius 3 is 2.32 bits per heavy atom. The highest BCUT2D eigenvalue weighted by Gasteiger charge is 2.31. The van der Waals surface area contributed by atoms with Gasteiger partial charge in [-0.15, -0.1) is 0 Å². The zero-order chi connectivity index (χ0) is 16.4. The van der Waals surface area contributed by atoms with Crippen LogP contribution in [0.2, 0.25) is 0 Å². The Morgan fingerprint density at radius 2 is 1.77 bits per heavy atom. The van der Waals surface area contributed by atoms with Gasteiger partial charge in [0, 0.05) is 18.3 Å². The van der Waals surface area contributed by atoms with Crippen molar-refractivity contribution in [1.82, 2.24) is 4.90 Å². The number of amides is 3. The van der Waals surface area contributed by atoms with Crippen LogP contribution >= 0.6 is 0 Å². The lowest BCUT2D eigenvalue weighted by molar-refractivity contribution is -0.123. The van der Waals surface area contributed by atoms with E-state index < -0.39 is 0 Å². The van der Waals surface area contributed by atoms with Crippen LogP contribution in [-0.2, 0) is 4.79 Å². The zero-order valence-electron chi connectivity index (χ0n) is 13.8. The number of nitrogens with zero attached hydrogens (tertiary/aromatic N) is 1. The fourth-order valence-electron chi connectivity index (χ4n) is 3.18. The number of primary amides is 1. The molecule has 1 aromatic carbocycles. The number of hydrogen-bond acceptors (Lipinski definition) is 2. The number of benzene rings is 1. The highest BCUT2D eigenvalue weighted by Crippen LogP contribution is 2.25. The van der Waals surface area contributed by atoms with Crippen molar-refractivity contribution in [2.24, 2.45) is 11.7 Å². The van der Waals surface area contributed by atoms with Crippen LogP contribution in [0.3, 0.4) is 0 Å². The summed E-state index contributed by atoms with van der Waals surface area (Å²) in [7, 11) is 0. The maximum Gasteiger partial charge on any atom is 0.322 e. The quantitative estimate of drug-likeness (QED) is 0.881. The third kappa shape index (κ3) is 3.40. The average Bonchev–Trinajstić information content (AvgIpc) is 2.42. The molecular formula is C17H25N3O2. The average molecular weight is 303 g/mol. The van der Waals surface area contributed by atoms with E-state index in [2.05, 4.69) is 17.4 Å². The van der Waals surface area contributed by atoms with Gasteiger partial charge in [-0.3, -0.25) is 4.79 Å². The van der Waals surface area contributed by atoms with Crippen molar-refractivity contribution in [3.8, 4) is 0 Å². The molecule has 0 spiro atoms. The van der Waals surface area contributed by atoms with E-state index >= 15 is 0 Å². The molecule has 2 atom stereocenters. The maximum absolute atomic E-state index is 12.6. The molecular weight excluding hydrogens is 278 g/mol. The van der Waals surface area contributed by atoms with Gasteiger partial charge in [0.15, 0.2) is 0 Å². The monoisotopic (exact) mass is 303 g/mol. The van der Waals surface area contributed by atoms with Crippen LogP contribution in [0.5, 0.6) is 0 Å². The number of rotatable bonds is 2. The number of anilines is 1. The smallest absolute Gasteiger partial charge is 0.322 e. The van der Waals surface area contributed by atoms with E-state index in [0.29, 0.717) is 6.54 Å². The van der Waals surface area contributed by atoms with Gasteiger partial charge in [-0.1, -0.05) is 17.7 Å². The highest BCUT2D eigenvalue weighted by atomic mass is 16.2. The van der Waals surface area contributed by atoms with Crippen molar-refractivity contribution in [3.05, 3.63) is 28.8 Å². The molecule has 0 bridgehead atoms. The van der Waals surface area contributed by atoms with Gasteiger partial charge in [0.05, 0.1) is 5.92 Å². The standard InChI is InChI=1S/C17H25N3O2/c1-10-7-11(2)15(12(3)8-10)19-17(22)20-9-14(16(18)21)6-5-13(20)4/h7-8,13-14H,5-6,9H2,1-4H3,(H2,18,21)(H,19,22). The predicted octanol–water partition coefficient (Wildman–Crippen LogP) is 2.73. The number of carbonyl (C=O) groups is 2. The molecule has 1 aromatic rings.